The van der Waals surface area contributed by atoms with Crippen LogP contribution in [-0.2, 0) is 19.5 Å². The fraction of sp³-hybridized carbons (Fsp3) is 0.200. The molecular formula is C20H18N4O. The molecule has 0 fully saturated rings. The molecule has 124 valence electrons. The van der Waals surface area contributed by atoms with E-state index in [9.17, 15) is 0 Å². The van der Waals surface area contributed by atoms with Crippen molar-refractivity contribution in [1.82, 2.24) is 19.9 Å². The predicted octanol–water partition coefficient (Wildman–Crippen LogP) is 3.78. The molecule has 0 bridgehead atoms. The highest BCUT2D eigenvalue weighted by Gasteiger charge is 2.20. The molecule has 0 saturated carbocycles. The summed E-state index contributed by atoms with van der Waals surface area (Å²) in [7, 11) is 0. The summed E-state index contributed by atoms with van der Waals surface area (Å²) in [5.41, 5.74) is 4.87. The molecule has 0 unspecified atom stereocenters. The van der Waals surface area contributed by atoms with Crippen LogP contribution in [0.1, 0.15) is 16.8 Å². The molecule has 0 radical (unpaired) electrons. The fourth-order valence-electron chi connectivity index (χ4n) is 3.52. The quantitative estimate of drug-likeness (QED) is 0.621. The Hall–Kier alpha value is -2.92. The zero-order valence-electron chi connectivity index (χ0n) is 13.8. The first-order valence-electron chi connectivity index (χ1n) is 8.53. The monoisotopic (exact) mass is 330 g/mol. The van der Waals surface area contributed by atoms with Gasteiger partial charge in [-0.25, -0.2) is 9.97 Å². The van der Waals surface area contributed by atoms with Crippen LogP contribution in [0.4, 0.5) is 0 Å². The molecule has 3 aromatic heterocycles. The van der Waals surface area contributed by atoms with Gasteiger partial charge in [-0.3, -0.25) is 4.90 Å². The highest BCUT2D eigenvalue weighted by Crippen LogP contribution is 2.24. The third-order valence-corrected chi connectivity index (χ3v) is 4.84. The van der Waals surface area contributed by atoms with Gasteiger partial charge >= 0.3 is 0 Å². The van der Waals surface area contributed by atoms with Gasteiger partial charge in [-0.2, -0.15) is 0 Å². The topological polar surface area (TPSA) is 58.0 Å². The number of benzene rings is 1. The van der Waals surface area contributed by atoms with Crippen LogP contribution >= 0.6 is 0 Å². The van der Waals surface area contributed by atoms with Gasteiger partial charge in [-0.05, 0) is 35.7 Å². The van der Waals surface area contributed by atoms with Gasteiger partial charge in [0.05, 0.1) is 12.0 Å². The number of nitrogens with one attached hydrogen (secondary N) is 1. The number of hydrogen-bond donors (Lipinski definition) is 1. The second-order valence-electron chi connectivity index (χ2n) is 6.46. The molecule has 0 aliphatic carbocycles. The standard InChI is InChI=1S/C20H18N4O/c1-2-5-17-16(4-1)15(11-21-17)12-24-8-7-14-10-22-20(23-18(14)13-24)19-6-3-9-25-19/h1-6,9-11,21H,7-8,12-13H2. The first-order chi connectivity index (χ1) is 12.4. The van der Waals surface area contributed by atoms with Crippen LogP contribution in [0.5, 0.6) is 0 Å². The molecule has 5 rings (SSSR count). The van der Waals surface area contributed by atoms with Crippen molar-refractivity contribution in [2.75, 3.05) is 6.54 Å². The maximum absolute atomic E-state index is 5.43. The SMILES string of the molecule is c1coc(-c2ncc3c(n2)CN(Cc2c[nH]c4ccccc24)CC3)c1. The third kappa shape index (κ3) is 2.62. The van der Waals surface area contributed by atoms with Crippen molar-refractivity contribution in [3.8, 4) is 11.6 Å². The zero-order chi connectivity index (χ0) is 16.6. The van der Waals surface area contributed by atoms with E-state index >= 15 is 0 Å². The van der Waals surface area contributed by atoms with E-state index in [2.05, 4.69) is 45.3 Å². The molecule has 1 aliphatic heterocycles. The molecule has 25 heavy (non-hydrogen) atoms. The molecule has 1 aliphatic rings. The second-order valence-corrected chi connectivity index (χ2v) is 6.46. The van der Waals surface area contributed by atoms with E-state index in [0.717, 1.165) is 37.5 Å². The third-order valence-electron chi connectivity index (χ3n) is 4.84. The van der Waals surface area contributed by atoms with Gasteiger partial charge in [0, 0.05) is 42.9 Å². The molecule has 0 atom stereocenters. The number of H-pyrrole nitrogens is 1. The van der Waals surface area contributed by atoms with E-state index in [-0.39, 0.29) is 0 Å². The molecule has 4 heterocycles. The van der Waals surface area contributed by atoms with Gasteiger partial charge in [0.15, 0.2) is 11.6 Å². The average Bonchev–Trinajstić information content (AvgIpc) is 3.32. The van der Waals surface area contributed by atoms with Crippen molar-refractivity contribution in [2.24, 2.45) is 0 Å². The Labute approximate surface area is 145 Å². The molecule has 4 aromatic rings. The Morgan fingerprint density at radius 3 is 3.04 bits per heavy atom. The number of aromatic nitrogens is 3. The van der Waals surface area contributed by atoms with Crippen LogP contribution in [0.15, 0.2) is 59.5 Å². The predicted molar refractivity (Wildman–Crippen MR) is 95.9 cm³/mol. The van der Waals surface area contributed by atoms with Crippen molar-refractivity contribution >= 4 is 10.9 Å². The van der Waals surface area contributed by atoms with Crippen molar-refractivity contribution in [3.63, 3.8) is 0 Å². The molecule has 1 aromatic carbocycles. The zero-order valence-corrected chi connectivity index (χ0v) is 13.8. The summed E-state index contributed by atoms with van der Waals surface area (Å²) in [6.07, 6.45) is 6.70. The summed E-state index contributed by atoms with van der Waals surface area (Å²) in [4.78, 5) is 15.0. The van der Waals surface area contributed by atoms with Crippen molar-refractivity contribution in [2.45, 2.75) is 19.5 Å². The minimum Gasteiger partial charge on any atom is -0.461 e. The van der Waals surface area contributed by atoms with Gasteiger partial charge in [0.25, 0.3) is 0 Å². The highest BCUT2D eigenvalue weighted by atomic mass is 16.3. The summed E-state index contributed by atoms with van der Waals surface area (Å²) >= 11 is 0. The lowest BCUT2D eigenvalue weighted by atomic mass is 10.1. The Morgan fingerprint density at radius 2 is 2.12 bits per heavy atom. The molecule has 5 nitrogen and oxygen atoms in total. The fourth-order valence-corrected chi connectivity index (χ4v) is 3.52. The molecule has 5 heteroatoms. The minimum atomic E-state index is 0.665. The van der Waals surface area contributed by atoms with Gasteiger partial charge in [-0.1, -0.05) is 18.2 Å². The van der Waals surface area contributed by atoms with E-state index in [4.69, 9.17) is 9.40 Å². The lowest BCUT2D eigenvalue weighted by molar-refractivity contribution is 0.242. The number of para-hydroxylation sites is 1. The van der Waals surface area contributed by atoms with E-state index in [1.165, 1.54) is 22.0 Å². The van der Waals surface area contributed by atoms with E-state index in [0.29, 0.717) is 5.82 Å². The van der Waals surface area contributed by atoms with E-state index in [1.807, 2.05) is 18.3 Å². The molecule has 0 saturated heterocycles. The molecule has 0 amide bonds. The van der Waals surface area contributed by atoms with E-state index in [1.54, 1.807) is 6.26 Å². The summed E-state index contributed by atoms with van der Waals surface area (Å²) in [5, 5.41) is 1.30. The van der Waals surface area contributed by atoms with Gasteiger partial charge in [0.1, 0.15) is 0 Å². The first-order valence-corrected chi connectivity index (χ1v) is 8.53. The molecular weight excluding hydrogens is 312 g/mol. The van der Waals surface area contributed by atoms with Crippen LogP contribution in [0.3, 0.4) is 0 Å². The van der Waals surface area contributed by atoms with Gasteiger partial charge in [-0.15, -0.1) is 0 Å². The Bertz CT molecular complexity index is 1020. The Morgan fingerprint density at radius 1 is 1.16 bits per heavy atom. The van der Waals surface area contributed by atoms with Crippen LogP contribution in [0.2, 0.25) is 0 Å². The molecule has 1 N–H and O–H groups in total. The lowest BCUT2D eigenvalue weighted by Gasteiger charge is -2.27. The maximum atomic E-state index is 5.43. The van der Waals surface area contributed by atoms with Crippen LogP contribution < -0.4 is 0 Å². The average molecular weight is 330 g/mol. The van der Waals surface area contributed by atoms with Gasteiger partial charge in [0.2, 0.25) is 0 Å². The van der Waals surface area contributed by atoms with Crippen molar-refractivity contribution in [3.05, 3.63) is 71.9 Å². The Balaban J connectivity index is 1.41. The van der Waals surface area contributed by atoms with Crippen molar-refractivity contribution in [1.29, 1.82) is 0 Å². The number of aromatic amines is 1. The summed E-state index contributed by atoms with van der Waals surface area (Å²) in [5.74, 6) is 1.38. The van der Waals surface area contributed by atoms with Crippen LogP contribution in [0, 0.1) is 0 Å². The van der Waals surface area contributed by atoms with Gasteiger partial charge < -0.3 is 9.40 Å². The second kappa shape index (κ2) is 5.86. The largest absolute Gasteiger partial charge is 0.461 e. The first kappa shape index (κ1) is 14.4. The number of furan rings is 1. The summed E-state index contributed by atoms with van der Waals surface area (Å²) in [6.45, 7) is 2.78. The lowest BCUT2D eigenvalue weighted by Crippen LogP contribution is -2.31. The summed E-state index contributed by atoms with van der Waals surface area (Å²) in [6, 6.07) is 12.2. The number of nitrogens with zero attached hydrogens (tertiary/aromatic N) is 3. The number of rotatable bonds is 3. The normalized spacial score (nSPS) is 14.7. The maximum Gasteiger partial charge on any atom is 0.195 e. The van der Waals surface area contributed by atoms with Crippen molar-refractivity contribution < 1.29 is 4.42 Å². The van der Waals surface area contributed by atoms with Crippen LogP contribution in [-0.4, -0.2) is 26.4 Å². The smallest absolute Gasteiger partial charge is 0.195 e. The molecule has 0 spiro atoms. The number of hydrogen-bond acceptors (Lipinski definition) is 4. The minimum absolute atomic E-state index is 0.665. The number of fused-ring (bicyclic) bond motifs is 2. The summed E-state index contributed by atoms with van der Waals surface area (Å²) < 4.78 is 5.43. The highest BCUT2D eigenvalue weighted by molar-refractivity contribution is 5.82. The Kier molecular flexibility index (Phi) is 3.38. The van der Waals surface area contributed by atoms with Crippen LogP contribution in [0.25, 0.3) is 22.5 Å². The van der Waals surface area contributed by atoms with E-state index < -0.39 is 0 Å².